The fourth-order valence-electron chi connectivity index (χ4n) is 2.26. The number of halogens is 2. The number of benzene rings is 2. The Morgan fingerprint density at radius 3 is 2.86 bits per heavy atom. The molecule has 0 saturated heterocycles. The molecule has 0 aliphatic carbocycles. The largest absolute Gasteiger partial charge is 0.492 e. The van der Waals surface area contributed by atoms with Crippen molar-refractivity contribution >= 4 is 45.8 Å². The number of aromatic nitrogens is 2. The number of hydrogen-bond donors (Lipinski definition) is 1. The molecule has 1 heterocycles. The number of rotatable bonds is 3. The highest BCUT2D eigenvalue weighted by Crippen LogP contribution is 2.28. The van der Waals surface area contributed by atoms with E-state index in [0.29, 0.717) is 20.5 Å². The molecule has 1 aromatic heterocycles. The summed E-state index contributed by atoms with van der Waals surface area (Å²) in [5, 5.41) is 0. The fourth-order valence-corrected chi connectivity index (χ4v) is 3.03. The molecule has 0 radical (unpaired) electrons. The third-order valence-corrected chi connectivity index (χ3v) is 4.24. The van der Waals surface area contributed by atoms with Gasteiger partial charge in [-0.25, -0.2) is 4.39 Å². The van der Waals surface area contributed by atoms with Gasteiger partial charge in [0.25, 0.3) is 0 Å². The lowest BCUT2D eigenvalue weighted by molar-refractivity contribution is 0.339. The topological polar surface area (TPSA) is 29.9 Å². The van der Waals surface area contributed by atoms with Crippen molar-refractivity contribution in [1.29, 1.82) is 0 Å². The van der Waals surface area contributed by atoms with Crippen LogP contribution in [-0.4, -0.2) is 16.2 Å². The van der Waals surface area contributed by atoms with Crippen LogP contribution in [-0.2, 0) is 0 Å². The second-order valence-corrected chi connectivity index (χ2v) is 6.00. The number of H-pyrrole nitrogens is 1. The number of hydrogen-bond acceptors (Lipinski definition) is 2. The molecule has 0 fully saturated rings. The monoisotopic (exact) mass is 414 g/mol. The SMILES string of the molecule is CCOc1ccccc1-n1c(=S)[nH]c2cc(I)c(F)cc21. The number of para-hydroxylation sites is 2. The van der Waals surface area contributed by atoms with Crippen LogP contribution >= 0.6 is 34.8 Å². The summed E-state index contributed by atoms with van der Waals surface area (Å²) in [6, 6.07) is 10.8. The third kappa shape index (κ3) is 2.57. The van der Waals surface area contributed by atoms with Crippen molar-refractivity contribution in [2.45, 2.75) is 6.92 Å². The van der Waals surface area contributed by atoms with Gasteiger partial charge in [0.05, 0.1) is 26.9 Å². The van der Waals surface area contributed by atoms with Gasteiger partial charge in [0, 0.05) is 6.07 Å². The van der Waals surface area contributed by atoms with Gasteiger partial charge in [0.2, 0.25) is 0 Å². The van der Waals surface area contributed by atoms with Crippen molar-refractivity contribution in [3.05, 3.63) is 50.6 Å². The van der Waals surface area contributed by atoms with E-state index < -0.39 is 0 Å². The Morgan fingerprint density at radius 1 is 1.33 bits per heavy atom. The van der Waals surface area contributed by atoms with Crippen LogP contribution < -0.4 is 4.74 Å². The summed E-state index contributed by atoms with van der Waals surface area (Å²) in [5.41, 5.74) is 2.30. The molecule has 0 spiro atoms. The number of nitrogens with zero attached hydrogens (tertiary/aromatic N) is 1. The van der Waals surface area contributed by atoms with Crippen molar-refractivity contribution in [3.8, 4) is 11.4 Å². The zero-order valence-corrected chi connectivity index (χ0v) is 14.2. The molecule has 108 valence electrons. The normalized spacial score (nSPS) is 11.0. The summed E-state index contributed by atoms with van der Waals surface area (Å²) in [6.07, 6.45) is 0. The van der Waals surface area contributed by atoms with E-state index in [1.54, 1.807) is 10.6 Å². The minimum Gasteiger partial charge on any atom is -0.492 e. The Balaban J connectivity index is 2.33. The summed E-state index contributed by atoms with van der Waals surface area (Å²) in [7, 11) is 0. The Morgan fingerprint density at radius 2 is 2.10 bits per heavy atom. The van der Waals surface area contributed by atoms with Gasteiger partial charge in [0.15, 0.2) is 4.77 Å². The first-order chi connectivity index (χ1) is 10.1. The van der Waals surface area contributed by atoms with Crippen LogP contribution in [0.1, 0.15) is 6.92 Å². The maximum absolute atomic E-state index is 13.9. The first-order valence-corrected chi connectivity index (χ1v) is 7.92. The zero-order valence-electron chi connectivity index (χ0n) is 11.2. The van der Waals surface area contributed by atoms with E-state index in [0.717, 1.165) is 17.0 Å². The molecule has 0 bridgehead atoms. The van der Waals surface area contributed by atoms with Gasteiger partial charge in [-0.1, -0.05) is 12.1 Å². The second-order valence-electron chi connectivity index (χ2n) is 4.45. The van der Waals surface area contributed by atoms with E-state index in [2.05, 4.69) is 4.98 Å². The number of fused-ring (bicyclic) bond motifs is 1. The van der Waals surface area contributed by atoms with Gasteiger partial charge in [0.1, 0.15) is 11.6 Å². The molecule has 2 aromatic carbocycles. The van der Waals surface area contributed by atoms with Gasteiger partial charge in [-0.15, -0.1) is 0 Å². The molecule has 3 aromatic rings. The molecule has 6 heteroatoms. The quantitative estimate of drug-likeness (QED) is 0.492. The van der Waals surface area contributed by atoms with Gasteiger partial charge in [-0.2, -0.15) is 0 Å². The molecule has 0 aliphatic rings. The van der Waals surface area contributed by atoms with Crippen molar-refractivity contribution < 1.29 is 9.13 Å². The molecule has 3 rings (SSSR count). The molecule has 0 amide bonds. The van der Waals surface area contributed by atoms with Crippen molar-refractivity contribution in [1.82, 2.24) is 9.55 Å². The molecule has 0 aliphatic heterocycles. The Bertz CT molecular complexity index is 872. The number of ether oxygens (including phenoxy) is 1. The fraction of sp³-hybridized carbons (Fsp3) is 0.133. The van der Waals surface area contributed by atoms with E-state index in [1.165, 1.54) is 6.07 Å². The third-order valence-electron chi connectivity index (χ3n) is 3.13. The molecule has 0 saturated carbocycles. The predicted molar refractivity (Wildman–Crippen MR) is 92.3 cm³/mol. The van der Waals surface area contributed by atoms with Gasteiger partial charge in [-0.05, 0) is 59.9 Å². The van der Waals surface area contributed by atoms with Crippen LogP contribution in [0.5, 0.6) is 5.75 Å². The van der Waals surface area contributed by atoms with Gasteiger partial charge >= 0.3 is 0 Å². The molecule has 0 unspecified atom stereocenters. The van der Waals surface area contributed by atoms with E-state index in [4.69, 9.17) is 17.0 Å². The summed E-state index contributed by atoms with van der Waals surface area (Å²) >= 11 is 7.36. The van der Waals surface area contributed by atoms with Crippen LogP contribution in [0, 0.1) is 14.2 Å². The summed E-state index contributed by atoms with van der Waals surface area (Å²) < 4.78 is 22.4. The number of aromatic amines is 1. The zero-order chi connectivity index (χ0) is 15.0. The van der Waals surface area contributed by atoms with Crippen LogP contribution in [0.25, 0.3) is 16.7 Å². The first kappa shape index (κ1) is 14.5. The van der Waals surface area contributed by atoms with Gasteiger partial charge in [-0.3, -0.25) is 4.57 Å². The average molecular weight is 414 g/mol. The first-order valence-electron chi connectivity index (χ1n) is 6.43. The highest BCUT2D eigenvalue weighted by molar-refractivity contribution is 14.1. The molecular formula is C15H12FIN2OS. The smallest absolute Gasteiger partial charge is 0.182 e. The van der Waals surface area contributed by atoms with Crippen LogP contribution in [0.3, 0.4) is 0 Å². The van der Waals surface area contributed by atoms with Gasteiger partial charge < -0.3 is 9.72 Å². The van der Waals surface area contributed by atoms with E-state index >= 15 is 0 Å². The Labute approximate surface area is 139 Å². The maximum Gasteiger partial charge on any atom is 0.182 e. The Hall–Kier alpha value is -1.41. The summed E-state index contributed by atoms with van der Waals surface area (Å²) in [6.45, 7) is 2.48. The minimum atomic E-state index is -0.264. The second kappa shape index (κ2) is 5.76. The summed E-state index contributed by atoms with van der Waals surface area (Å²) in [5.74, 6) is 0.454. The van der Waals surface area contributed by atoms with E-state index in [1.807, 2.05) is 53.8 Å². The van der Waals surface area contributed by atoms with E-state index in [9.17, 15) is 4.39 Å². The van der Waals surface area contributed by atoms with Crippen LogP contribution in [0.4, 0.5) is 4.39 Å². The van der Waals surface area contributed by atoms with Crippen molar-refractivity contribution in [2.75, 3.05) is 6.61 Å². The van der Waals surface area contributed by atoms with Crippen molar-refractivity contribution in [2.24, 2.45) is 0 Å². The Kier molecular flexibility index (Phi) is 3.99. The number of imidazole rings is 1. The lowest BCUT2D eigenvalue weighted by atomic mass is 10.2. The van der Waals surface area contributed by atoms with Crippen molar-refractivity contribution in [3.63, 3.8) is 0 Å². The number of nitrogens with one attached hydrogen (secondary N) is 1. The molecular weight excluding hydrogens is 402 g/mol. The maximum atomic E-state index is 13.9. The molecule has 3 nitrogen and oxygen atoms in total. The average Bonchev–Trinajstić information content (AvgIpc) is 2.76. The standard InChI is InChI=1S/C15H12FIN2OS/c1-2-20-14-6-4-3-5-12(14)19-13-7-9(16)10(17)8-11(13)18-15(19)21/h3-8H,2H2,1H3,(H,18,21). The lowest BCUT2D eigenvalue weighted by Gasteiger charge is -2.11. The highest BCUT2D eigenvalue weighted by Gasteiger charge is 2.13. The van der Waals surface area contributed by atoms with Crippen LogP contribution in [0.2, 0.25) is 0 Å². The highest BCUT2D eigenvalue weighted by atomic mass is 127. The molecule has 21 heavy (non-hydrogen) atoms. The lowest BCUT2D eigenvalue weighted by Crippen LogP contribution is -2.00. The molecule has 0 atom stereocenters. The summed E-state index contributed by atoms with van der Waals surface area (Å²) in [4.78, 5) is 3.11. The predicted octanol–water partition coefficient (Wildman–Crippen LogP) is 4.83. The minimum absolute atomic E-state index is 0.264. The van der Waals surface area contributed by atoms with E-state index in [-0.39, 0.29) is 5.82 Å². The molecule has 1 N–H and O–H groups in total. The van der Waals surface area contributed by atoms with Crippen LogP contribution in [0.15, 0.2) is 36.4 Å².